The SMILES string of the molecule is CCc1cc(C(=O)NC2CCN(C(C)c3ccccc3)CC2)n(C)n1. The van der Waals surface area contributed by atoms with Crippen molar-refractivity contribution in [2.45, 2.75) is 45.2 Å². The van der Waals surface area contributed by atoms with E-state index in [1.54, 1.807) is 4.68 Å². The molecule has 0 aliphatic carbocycles. The van der Waals surface area contributed by atoms with Gasteiger partial charge in [0.15, 0.2) is 0 Å². The topological polar surface area (TPSA) is 50.2 Å². The number of carbonyl (C=O) groups is 1. The Morgan fingerprint density at radius 1 is 1.28 bits per heavy atom. The van der Waals surface area contributed by atoms with E-state index in [1.165, 1.54) is 5.56 Å². The van der Waals surface area contributed by atoms with Crippen LogP contribution in [-0.4, -0.2) is 39.7 Å². The molecule has 1 unspecified atom stereocenters. The van der Waals surface area contributed by atoms with Gasteiger partial charge in [-0.1, -0.05) is 37.3 Å². The second-order valence-corrected chi connectivity index (χ2v) is 6.87. The first-order valence-corrected chi connectivity index (χ1v) is 9.21. The molecule has 1 aromatic heterocycles. The summed E-state index contributed by atoms with van der Waals surface area (Å²) < 4.78 is 1.68. The third-order valence-electron chi connectivity index (χ3n) is 5.22. The number of nitrogens with zero attached hydrogens (tertiary/aromatic N) is 3. The highest BCUT2D eigenvalue weighted by Crippen LogP contribution is 2.24. The van der Waals surface area contributed by atoms with Gasteiger partial charge in [0.1, 0.15) is 5.69 Å². The Balaban J connectivity index is 1.54. The van der Waals surface area contributed by atoms with Crippen LogP contribution in [0.3, 0.4) is 0 Å². The molecular formula is C20H28N4O. The van der Waals surface area contributed by atoms with Crippen molar-refractivity contribution in [2.75, 3.05) is 13.1 Å². The van der Waals surface area contributed by atoms with Crippen molar-refractivity contribution < 1.29 is 4.79 Å². The molecule has 1 atom stereocenters. The van der Waals surface area contributed by atoms with Crippen LogP contribution in [0.2, 0.25) is 0 Å². The van der Waals surface area contributed by atoms with E-state index >= 15 is 0 Å². The molecule has 1 N–H and O–H groups in total. The third-order valence-corrected chi connectivity index (χ3v) is 5.22. The summed E-state index contributed by atoms with van der Waals surface area (Å²) in [6.07, 6.45) is 2.82. The van der Waals surface area contributed by atoms with Gasteiger partial charge >= 0.3 is 0 Å². The fourth-order valence-electron chi connectivity index (χ4n) is 3.54. The zero-order chi connectivity index (χ0) is 17.8. The number of hydrogen-bond donors (Lipinski definition) is 1. The minimum absolute atomic E-state index is 0.00995. The zero-order valence-corrected chi connectivity index (χ0v) is 15.4. The zero-order valence-electron chi connectivity index (χ0n) is 15.4. The predicted molar refractivity (Wildman–Crippen MR) is 99.5 cm³/mol. The Kier molecular flexibility index (Phi) is 5.53. The van der Waals surface area contributed by atoms with Crippen LogP contribution in [0.4, 0.5) is 0 Å². The third kappa shape index (κ3) is 4.10. The predicted octanol–water partition coefficient (Wildman–Crippen LogP) is 2.94. The normalized spacial score (nSPS) is 17.4. The quantitative estimate of drug-likeness (QED) is 0.910. The van der Waals surface area contributed by atoms with E-state index in [4.69, 9.17) is 0 Å². The lowest BCUT2D eigenvalue weighted by Gasteiger charge is -2.36. The molecule has 1 amide bonds. The molecule has 0 radical (unpaired) electrons. The number of piperidine rings is 1. The molecule has 2 aromatic rings. The monoisotopic (exact) mass is 340 g/mol. The lowest BCUT2D eigenvalue weighted by atomic mass is 10.00. The summed E-state index contributed by atoms with van der Waals surface area (Å²) >= 11 is 0. The fraction of sp³-hybridized carbons (Fsp3) is 0.500. The minimum atomic E-state index is -0.00995. The molecule has 3 rings (SSSR count). The lowest BCUT2D eigenvalue weighted by Crippen LogP contribution is -2.45. The molecule has 134 valence electrons. The van der Waals surface area contributed by atoms with Crippen LogP contribution in [0.15, 0.2) is 36.4 Å². The first-order valence-electron chi connectivity index (χ1n) is 9.21. The van der Waals surface area contributed by atoms with Crippen molar-refractivity contribution in [2.24, 2.45) is 7.05 Å². The number of hydrogen-bond acceptors (Lipinski definition) is 3. The van der Waals surface area contributed by atoms with Crippen LogP contribution in [-0.2, 0) is 13.5 Å². The van der Waals surface area contributed by atoms with Crippen molar-refractivity contribution in [3.63, 3.8) is 0 Å². The van der Waals surface area contributed by atoms with Gasteiger partial charge in [0.25, 0.3) is 5.91 Å². The highest BCUT2D eigenvalue weighted by molar-refractivity contribution is 5.92. The second kappa shape index (κ2) is 7.83. The summed E-state index contributed by atoms with van der Waals surface area (Å²) in [4.78, 5) is 15.0. The molecule has 1 saturated heterocycles. The van der Waals surface area contributed by atoms with Crippen molar-refractivity contribution in [1.29, 1.82) is 0 Å². The summed E-state index contributed by atoms with van der Waals surface area (Å²) in [5, 5.41) is 7.55. The van der Waals surface area contributed by atoms with Crippen molar-refractivity contribution in [1.82, 2.24) is 20.0 Å². The Morgan fingerprint density at radius 2 is 1.96 bits per heavy atom. The van der Waals surface area contributed by atoms with Crippen molar-refractivity contribution >= 4 is 5.91 Å². The summed E-state index contributed by atoms with van der Waals surface area (Å²) in [5.74, 6) is -0.00995. The van der Waals surface area contributed by atoms with Gasteiger partial charge in [0.2, 0.25) is 0 Å². The fourth-order valence-corrected chi connectivity index (χ4v) is 3.54. The van der Waals surface area contributed by atoms with Gasteiger partial charge < -0.3 is 5.32 Å². The van der Waals surface area contributed by atoms with Crippen LogP contribution in [0, 0.1) is 0 Å². The number of likely N-dealkylation sites (tertiary alicyclic amines) is 1. The molecule has 0 spiro atoms. The highest BCUT2D eigenvalue weighted by Gasteiger charge is 2.25. The molecule has 5 nitrogen and oxygen atoms in total. The van der Waals surface area contributed by atoms with E-state index in [0.29, 0.717) is 11.7 Å². The maximum atomic E-state index is 12.5. The van der Waals surface area contributed by atoms with E-state index in [-0.39, 0.29) is 11.9 Å². The van der Waals surface area contributed by atoms with Gasteiger partial charge in [-0.3, -0.25) is 14.4 Å². The van der Waals surface area contributed by atoms with Gasteiger partial charge in [0.05, 0.1) is 5.69 Å². The van der Waals surface area contributed by atoms with Crippen LogP contribution < -0.4 is 5.32 Å². The van der Waals surface area contributed by atoms with Gasteiger partial charge in [-0.25, -0.2) is 0 Å². The van der Waals surface area contributed by atoms with Crippen molar-refractivity contribution in [3.8, 4) is 0 Å². The summed E-state index contributed by atoms with van der Waals surface area (Å²) in [6.45, 7) is 6.32. The Bertz CT molecular complexity index is 702. The molecule has 25 heavy (non-hydrogen) atoms. The maximum Gasteiger partial charge on any atom is 0.269 e. The molecule has 1 fully saturated rings. The van der Waals surface area contributed by atoms with Crippen LogP contribution in [0.1, 0.15) is 54.5 Å². The van der Waals surface area contributed by atoms with Gasteiger partial charge in [-0.05, 0) is 37.8 Å². The largest absolute Gasteiger partial charge is 0.348 e. The first-order chi connectivity index (χ1) is 12.1. The molecule has 1 aliphatic rings. The lowest BCUT2D eigenvalue weighted by molar-refractivity contribution is 0.0886. The molecule has 1 aliphatic heterocycles. The first kappa shape index (κ1) is 17.7. The molecule has 0 bridgehead atoms. The van der Waals surface area contributed by atoms with E-state index in [0.717, 1.165) is 38.0 Å². The summed E-state index contributed by atoms with van der Waals surface area (Å²) in [5.41, 5.74) is 2.96. The number of aryl methyl sites for hydroxylation is 2. The number of amides is 1. The van der Waals surface area contributed by atoms with Gasteiger partial charge in [-0.15, -0.1) is 0 Å². The van der Waals surface area contributed by atoms with Crippen molar-refractivity contribution in [3.05, 3.63) is 53.3 Å². The van der Waals surface area contributed by atoms with Crippen LogP contribution in [0.25, 0.3) is 0 Å². The summed E-state index contributed by atoms with van der Waals surface area (Å²) in [6, 6.07) is 13.2. The number of aromatic nitrogens is 2. The number of carbonyl (C=O) groups excluding carboxylic acids is 1. The minimum Gasteiger partial charge on any atom is -0.348 e. The number of rotatable bonds is 5. The van der Waals surface area contributed by atoms with E-state index in [2.05, 4.69) is 52.6 Å². The number of nitrogens with one attached hydrogen (secondary N) is 1. The highest BCUT2D eigenvalue weighted by atomic mass is 16.2. The van der Waals surface area contributed by atoms with E-state index in [9.17, 15) is 4.79 Å². The molecule has 2 heterocycles. The molecule has 1 aromatic carbocycles. The molecule has 5 heteroatoms. The Morgan fingerprint density at radius 3 is 2.56 bits per heavy atom. The van der Waals surface area contributed by atoms with Crippen LogP contribution in [0.5, 0.6) is 0 Å². The average Bonchev–Trinajstić information content (AvgIpc) is 3.03. The summed E-state index contributed by atoms with van der Waals surface area (Å²) in [7, 11) is 1.83. The molecule has 0 saturated carbocycles. The smallest absolute Gasteiger partial charge is 0.269 e. The van der Waals surface area contributed by atoms with E-state index in [1.807, 2.05) is 20.0 Å². The number of benzene rings is 1. The van der Waals surface area contributed by atoms with Gasteiger partial charge in [-0.2, -0.15) is 5.10 Å². The second-order valence-electron chi connectivity index (χ2n) is 6.87. The standard InChI is InChI=1S/C20H28N4O/c1-4-17-14-19(23(3)22-17)20(25)21-18-10-12-24(13-11-18)15(2)16-8-6-5-7-9-16/h5-9,14-15,18H,4,10-13H2,1-3H3,(H,21,25). The average molecular weight is 340 g/mol. The Labute approximate surface area is 150 Å². The van der Waals surface area contributed by atoms with Gasteiger partial charge in [0, 0.05) is 32.2 Å². The van der Waals surface area contributed by atoms with Crippen LogP contribution >= 0.6 is 0 Å². The maximum absolute atomic E-state index is 12.5. The van der Waals surface area contributed by atoms with E-state index < -0.39 is 0 Å². The Hall–Kier alpha value is -2.14. The molecular weight excluding hydrogens is 312 g/mol.